The number of ether oxygens (including phenoxy) is 1. The molecule has 0 saturated heterocycles. The average molecular weight is 193 g/mol. The van der Waals surface area contributed by atoms with Crippen molar-refractivity contribution in [2.45, 2.75) is 20.0 Å². The molecule has 0 bridgehead atoms. The number of hydrogen-bond acceptors (Lipinski definition) is 2. The summed E-state index contributed by atoms with van der Waals surface area (Å²) in [5, 5.41) is 0. The van der Waals surface area contributed by atoms with E-state index in [1.54, 1.807) is 12.1 Å². The first-order valence-corrected chi connectivity index (χ1v) is 4.62. The number of amides is 1. The molecule has 0 aliphatic rings. The van der Waals surface area contributed by atoms with Crippen LogP contribution in [0.3, 0.4) is 0 Å². The largest absolute Gasteiger partial charge is 0.480 e. The van der Waals surface area contributed by atoms with Crippen LogP contribution in [0.15, 0.2) is 30.3 Å². The summed E-state index contributed by atoms with van der Waals surface area (Å²) < 4.78 is 5.46. The third kappa shape index (κ3) is 2.76. The van der Waals surface area contributed by atoms with Crippen LogP contribution >= 0.6 is 0 Å². The van der Waals surface area contributed by atoms with Crippen molar-refractivity contribution >= 4 is 5.91 Å². The zero-order valence-corrected chi connectivity index (χ0v) is 8.44. The summed E-state index contributed by atoms with van der Waals surface area (Å²) in [5.41, 5.74) is 5.22. The molecule has 0 saturated carbocycles. The predicted molar refractivity (Wildman–Crippen MR) is 54.9 cm³/mol. The minimum atomic E-state index is -0.558. The summed E-state index contributed by atoms with van der Waals surface area (Å²) in [7, 11) is 0. The fraction of sp³-hybridized carbons (Fsp3) is 0.364. The maximum atomic E-state index is 11.0. The molecule has 1 atom stereocenters. The molecule has 0 heterocycles. The lowest BCUT2D eigenvalue weighted by Gasteiger charge is -2.18. The Kier molecular flexibility index (Phi) is 3.51. The van der Waals surface area contributed by atoms with E-state index >= 15 is 0 Å². The van der Waals surface area contributed by atoms with Gasteiger partial charge in [0.2, 0.25) is 0 Å². The van der Waals surface area contributed by atoms with Crippen molar-refractivity contribution in [1.82, 2.24) is 0 Å². The molecule has 1 amide bonds. The van der Waals surface area contributed by atoms with Gasteiger partial charge in [-0.25, -0.2) is 0 Å². The van der Waals surface area contributed by atoms with Crippen molar-refractivity contribution in [2.75, 3.05) is 0 Å². The van der Waals surface area contributed by atoms with Crippen molar-refractivity contribution in [3.05, 3.63) is 30.3 Å². The smallest absolute Gasteiger partial charge is 0.258 e. The molecule has 1 unspecified atom stereocenters. The van der Waals surface area contributed by atoms with E-state index in [1.165, 1.54) is 0 Å². The summed E-state index contributed by atoms with van der Waals surface area (Å²) >= 11 is 0. The number of rotatable bonds is 4. The standard InChI is InChI=1S/C11H15NO2/c1-8(2)10(11(12)13)14-9-6-4-3-5-7-9/h3-8,10H,1-2H3,(H2,12,13). The van der Waals surface area contributed by atoms with Crippen LogP contribution in [0.25, 0.3) is 0 Å². The second kappa shape index (κ2) is 4.65. The van der Waals surface area contributed by atoms with Gasteiger partial charge in [-0.1, -0.05) is 32.0 Å². The first-order chi connectivity index (χ1) is 6.61. The highest BCUT2D eigenvalue weighted by atomic mass is 16.5. The molecule has 14 heavy (non-hydrogen) atoms. The normalized spacial score (nSPS) is 12.5. The highest BCUT2D eigenvalue weighted by molar-refractivity contribution is 5.79. The van der Waals surface area contributed by atoms with Gasteiger partial charge in [-0.2, -0.15) is 0 Å². The zero-order chi connectivity index (χ0) is 10.6. The topological polar surface area (TPSA) is 52.3 Å². The van der Waals surface area contributed by atoms with Crippen molar-refractivity contribution in [1.29, 1.82) is 0 Å². The van der Waals surface area contributed by atoms with Crippen molar-refractivity contribution in [2.24, 2.45) is 11.7 Å². The third-order valence-corrected chi connectivity index (χ3v) is 1.89. The Balaban J connectivity index is 2.70. The van der Waals surface area contributed by atoms with E-state index in [4.69, 9.17) is 10.5 Å². The number of nitrogens with two attached hydrogens (primary N) is 1. The van der Waals surface area contributed by atoms with Gasteiger partial charge in [-0.05, 0) is 18.1 Å². The summed E-state index contributed by atoms with van der Waals surface area (Å²) in [4.78, 5) is 11.0. The number of carbonyl (C=O) groups excluding carboxylic acids is 1. The summed E-state index contributed by atoms with van der Waals surface area (Å²) in [6.07, 6.45) is -0.558. The van der Waals surface area contributed by atoms with Gasteiger partial charge in [0.15, 0.2) is 6.10 Å². The van der Waals surface area contributed by atoms with Crippen molar-refractivity contribution in [3.8, 4) is 5.75 Å². The highest BCUT2D eigenvalue weighted by Crippen LogP contribution is 2.14. The van der Waals surface area contributed by atoms with Gasteiger partial charge in [0.25, 0.3) is 5.91 Å². The molecule has 0 aromatic heterocycles. The predicted octanol–water partition coefficient (Wildman–Crippen LogP) is 1.58. The minimum Gasteiger partial charge on any atom is -0.480 e. The third-order valence-electron chi connectivity index (χ3n) is 1.89. The fourth-order valence-electron chi connectivity index (χ4n) is 1.17. The number of primary amides is 1. The summed E-state index contributed by atoms with van der Waals surface area (Å²) in [6.45, 7) is 3.80. The first-order valence-electron chi connectivity index (χ1n) is 4.62. The van der Waals surface area contributed by atoms with E-state index in [-0.39, 0.29) is 5.92 Å². The molecule has 2 N–H and O–H groups in total. The van der Waals surface area contributed by atoms with Gasteiger partial charge in [0.1, 0.15) is 5.75 Å². The van der Waals surface area contributed by atoms with E-state index in [2.05, 4.69) is 0 Å². The highest BCUT2D eigenvalue weighted by Gasteiger charge is 2.20. The van der Waals surface area contributed by atoms with E-state index in [9.17, 15) is 4.79 Å². The molecule has 0 fully saturated rings. The number of carbonyl (C=O) groups is 1. The average Bonchev–Trinajstić information content (AvgIpc) is 2.15. The Morgan fingerprint density at radius 1 is 1.29 bits per heavy atom. The SMILES string of the molecule is CC(C)C(Oc1ccccc1)C(N)=O. The van der Waals surface area contributed by atoms with Gasteiger partial charge < -0.3 is 10.5 Å². The Morgan fingerprint density at radius 2 is 1.86 bits per heavy atom. The van der Waals surface area contributed by atoms with E-state index in [0.717, 1.165) is 0 Å². The number of para-hydroxylation sites is 1. The van der Waals surface area contributed by atoms with Gasteiger partial charge in [0.05, 0.1) is 0 Å². The Bertz CT molecular complexity index is 295. The van der Waals surface area contributed by atoms with E-state index < -0.39 is 12.0 Å². The van der Waals surface area contributed by atoms with Gasteiger partial charge in [-0.15, -0.1) is 0 Å². The minimum absolute atomic E-state index is 0.0766. The molecule has 0 aliphatic carbocycles. The maximum absolute atomic E-state index is 11.0. The van der Waals surface area contributed by atoms with Gasteiger partial charge in [0, 0.05) is 0 Å². The molecule has 0 aliphatic heterocycles. The number of hydrogen-bond donors (Lipinski definition) is 1. The number of benzene rings is 1. The molecule has 0 radical (unpaired) electrons. The molecular weight excluding hydrogens is 178 g/mol. The lowest BCUT2D eigenvalue weighted by Crippen LogP contribution is -2.37. The van der Waals surface area contributed by atoms with Gasteiger partial charge >= 0.3 is 0 Å². The first kappa shape index (κ1) is 10.6. The maximum Gasteiger partial charge on any atom is 0.258 e. The lowest BCUT2D eigenvalue weighted by molar-refractivity contribution is -0.126. The van der Waals surface area contributed by atoms with Crippen molar-refractivity contribution in [3.63, 3.8) is 0 Å². The van der Waals surface area contributed by atoms with Crippen molar-refractivity contribution < 1.29 is 9.53 Å². The van der Waals surface area contributed by atoms with E-state index in [1.807, 2.05) is 32.0 Å². The Morgan fingerprint density at radius 3 is 2.29 bits per heavy atom. The lowest BCUT2D eigenvalue weighted by atomic mass is 10.1. The Labute approximate surface area is 83.9 Å². The summed E-state index contributed by atoms with van der Waals surface area (Å²) in [6, 6.07) is 9.21. The molecule has 1 aromatic carbocycles. The monoisotopic (exact) mass is 193 g/mol. The molecule has 1 aromatic rings. The Hall–Kier alpha value is -1.51. The van der Waals surface area contributed by atoms with E-state index in [0.29, 0.717) is 5.75 Å². The summed E-state index contributed by atoms with van der Waals surface area (Å²) in [5.74, 6) is 0.321. The molecule has 3 nitrogen and oxygen atoms in total. The molecular formula is C11H15NO2. The van der Waals surface area contributed by atoms with Crippen LogP contribution in [0.5, 0.6) is 5.75 Å². The second-order valence-electron chi connectivity index (χ2n) is 3.50. The fourth-order valence-corrected chi connectivity index (χ4v) is 1.17. The van der Waals surface area contributed by atoms with Gasteiger partial charge in [-0.3, -0.25) is 4.79 Å². The van der Waals surface area contributed by atoms with Crippen LogP contribution in [-0.2, 0) is 4.79 Å². The van der Waals surface area contributed by atoms with Crippen LogP contribution in [0, 0.1) is 5.92 Å². The van der Waals surface area contributed by atoms with Crippen LogP contribution in [-0.4, -0.2) is 12.0 Å². The second-order valence-corrected chi connectivity index (χ2v) is 3.50. The molecule has 3 heteroatoms. The molecule has 0 spiro atoms. The van der Waals surface area contributed by atoms with Crippen LogP contribution in [0.2, 0.25) is 0 Å². The van der Waals surface area contributed by atoms with Crippen LogP contribution in [0.4, 0.5) is 0 Å². The van der Waals surface area contributed by atoms with Crippen LogP contribution < -0.4 is 10.5 Å². The van der Waals surface area contributed by atoms with Crippen LogP contribution in [0.1, 0.15) is 13.8 Å². The molecule has 1 rings (SSSR count). The molecule has 76 valence electrons. The quantitative estimate of drug-likeness (QED) is 0.789. The zero-order valence-electron chi connectivity index (χ0n) is 8.44.